The lowest BCUT2D eigenvalue weighted by molar-refractivity contribution is 0.413. The van der Waals surface area contributed by atoms with Crippen molar-refractivity contribution in [1.29, 1.82) is 0 Å². The van der Waals surface area contributed by atoms with Crippen LogP contribution in [0.3, 0.4) is 0 Å². The first-order valence-electron chi connectivity index (χ1n) is 4.30. The highest BCUT2D eigenvalue weighted by atomic mass is 35.5. The Morgan fingerprint density at radius 2 is 1.47 bits per heavy atom. The summed E-state index contributed by atoms with van der Waals surface area (Å²) in [5.41, 5.74) is 1.45. The zero-order valence-corrected chi connectivity index (χ0v) is 10.1. The molecule has 3 nitrogen and oxygen atoms in total. The van der Waals surface area contributed by atoms with Gasteiger partial charge >= 0.3 is 7.12 Å². The third kappa shape index (κ3) is 2.08. The molecule has 82 valence electrons. The van der Waals surface area contributed by atoms with E-state index >= 15 is 0 Å². The first-order chi connectivity index (χ1) is 6.91. The molecule has 2 N–H and O–H groups in total. The highest BCUT2D eigenvalue weighted by molar-refractivity contribution is 6.61. The molecule has 0 aromatic heterocycles. The van der Waals surface area contributed by atoms with Gasteiger partial charge in [-0.3, -0.25) is 0 Å². The molecular weight excluding hydrogens is 238 g/mol. The van der Waals surface area contributed by atoms with E-state index in [9.17, 15) is 10.0 Å². The van der Waals surface area contributed by atoms with Gasteiger partial charge in [0.25, 0.3) is 0 Å². The van der Waals surface area contributed by atoms with Gasteiger partial charge in [0.1, 0.15) is 0 Å². The van der Waals surface area contributed by atoms with Gasteiger partial charge in [-0.25, -0.2) is 0 Å². The summed E-state index contributed by atoms with van der Waals surface area (Å²) in [6.07, 6.45) is 0. The van der Waals surface area contributed by atoms with Crippen LogP contribution in [-0.2, 0) is 0 Å². The minimum atomic E-state index is -1.59. The van der Waals surface area contributed by atoms with Gasteiger partial charge in [0.05, 0.1) is 17.2 Å². The van der Waals surface area contributed by atoms with Gasteiger partial charge in [0, 0.05) is 0 Å². The second-order valence-corrected chi connectivity index (χ2v) is 3.95. The summed E-state index contributed by atoms with van der Waals surface area (Å²) in [4.78, 5) is 0. The fraction of sp³-hybridized carbons (Fsp3) is 0.333. The van der Waals surface area contributed by atoms with Crippen LogP contribution in [0.1, 0.15) is 11.1 Å². The van der Waals surface area contributed by atoms with Crippen molar-refractivity contribution >= 4 is 35.8 Å². The smallest absolute Gasteiger partial charge is 0.489 e. The van der Waals surface area contributed by atoms with Crippen LogP contribution < -0.4 is 10.2 Å². The average molecular weight is 249 g/mol. The van der Waals surface area contributed by atoms with Crippen molar-refractivity contribution < 1.29 is 14.8 Å². The maximum Gasteiger partial charge on any atom is 0.489 e. The Bertz CT molecular complexity index is 364. The Balaban J connectivity index is 3.59. The highest BCUT2D eigenvalue weighted by Crippen LogP contribution is 2.36. The first kappa shape index (κ1) is 12.7. The molecule has 0 fully saturated rings. The van der Waals surface area contributed by atoms with E-state index in [1.807, 2.05) is 0 Å². The topological polar surface area (TPSA) is 49.7 Å². The predicted octanol–water partition coefficient (Wildman–Crippen LogP) is 1.30. The lowest BCUT2D eigenvalue weighted by Crippen LogP contribution is -2.35. The quantitative estimate of drug-likeness (QED) is 0.776. The predicted molar refractivity (Wildman–Crippen MR) is 62.3 cm³/mol. The minimum absolute atomic E-state index is 0.302. The van der Waals surface area contributed by atoms with Gasteiger partial charge in [-0.05, 0) is 30.4 Å². The number of rotatable bonds is 2. The van der Waals surface area contributed by atoms with Gasteiger partial charge in [-0.2, -0.15) is 0 Å². The molecular formula is C9H11BCl2O3. The fourth-order valence-electron chi connectivity index (χ4n) is 1.52. The average Bonchev–Trinajstić information content (AvgIpc) is 2.16. The molecule has 15 heavy (non-hydrogen) atoms. The maximum atomic E-state index is 9.20. The van der Waals surface area contributed by atoms with E-state index in [0.29, 0.717) is 32.4 Å². The summed E-state index contributed by atoms with van der Waals surface area (Å²) < 4.78 is 5.04. The molecule has 6 heteroatoms. The molecule has 0 saturated carbocycles. The van der Waals surface area contributed by atoms with Gasteiger partial charge in [0.15, 0.2) is 5.75 Å². The van der Waals surface area contributed by atoms with E-state index in [2.05, 4.69) is 0 Å². The summed E-state index contributed by atoms with van der Waals surface area (Å²) in [5.74, 6) is 0.359. The Labute approximate surface area is 98.7 Å². The monoisotopic (exact) mass is 248 g/mol. The molecule has 0 unspecified atom stereocenters. The van der Waals surface area contributed by atoms with E-state index in [0.717, 1.165) is 0 Å². The van der Waals surface area contributed by atoms with Crippen molar-refractivity contribution in [2.75, 3.05) is 7.11 Å². The molecule has 0 radical (unpaired) electrons. The molecule has 0 saturated heterocycles. The molecule has 0 amide bonds. The molecule has 0 atom stereocenters. The molecule has 0 aliphatic heterocycles. The summed E-state index contributed by atoms with van der Waals surface area (Å²) >= 11 is 12.0. The number of methoxy groups -OCH3 is 1. The molecule has 0 aliphatic rings. The zero-order valence-electron chi connectivity index (χ0n) is 8.64. The summed E-state index contributed by atoms with van der Waals surface area (Å²) in [6, 6.07) is 0. The molecule has 0 spiro atoms. The fourth-order valence-corrected chi connectivity index (χ4v) is 2.12. The standard InChI is InChI=1S/C9H11BCl2O3/c1-4-6(10(13)14)5(2)8(12)9(15-3)7(4)11/h13-14H,1-3H3. The largest absolute Gasteiger partial charge is 0.494 e. The molecule has 0 heterocycles. The third-order valence-corrected chi connectivity index (χ3v) is 3.24. The minimum Gasteiger partial charge on any atom is -0.494 e. The van der Waals surface area contributed by atoms with E-state index in [1.54, 1.807) is 13.8 Å². The van der Waals surface area contributed by atoms with E-state index < -0.39 is 7.12 Å². The van der Waals surface area contributed by atoms with Crippen LogP contribution in [0.2, 0.25) is 10.0 Å². The Morgan fingerprint density at radius 1 is 1.07 bits per heavy atom. The summed E-state index contributed by atoms with van der Waals surface area (Å²) in [6.45, 7) is 3.37. The van der Waals surface area contributed by atoms with Crippen molar-refractivity contribution in [3.8, 4) is 5.75 Å². The van der Waals surface area contributed by atoms with Crippen LogP contribution in [0, 0.1) is 13.8 Å². The number of benzene rings is 1. The molecule has 0 bridgehead atoms. The van der Waals surface area contributed by atoms with Crippen molar-refractivity contribution in [1.82, 2.24) is 0 Å². The first-order valence-corrected chi connectivity index (χ1v) is 5.05. The normalized spacial score (nSPS) is 10.3. The second-order valence-electron chi connectivity index (χ2n) is 3.20. The van der Waals surface area contributed by atoms with Gasteiger partial charge in [0.2, 0.25) is 0 Å². The van der Waals surface area contributed by atoms with E-state index in [1.165, 1.54) is 7.11 Å². The SMILES string of the molecule is COc1c(Cl)c(C)c(B(O)O)c(C)c1Cl. The van der Waals surface area contributed by atoms with E-state index in [4.69, 9.17) is 27.9 Å². The Morgan fingerprint density at radius 3 is 1.73 bits per heavy atom. The number of hydrogen-bond donors (Lipinski definition) is 2. The lowest BCUT2D eigenvalue weighted by atomic mass is 9.74. The van der Waals surface area contributed by atoms with Crippen LogP contribution in [0.4, 0.5) is 0 Å². The number of halogens is 2. The van der Waals surface area contributed by atoms with Gasteiger partial charge < -0.3 is 14.8 Å². The number of ether oxygens (including phenoxy) is 1. The Hall–Kier alpha value is -0.415. The lowest BCUT2D eigenvalue weighted by Gasteiger charge is -2.16. The maximum absolute atomic E-state index is 9.20. The van der Waals surface area contributed by atoms with Gasteiger partial charge in [-0.1, -0.05) is 23.2 Å². The molecule has 1 aromatic rings. The van der Waals surface area contributed by atoms with Crippen LogP contribution in [0.5, 0.6) is 5.75 Å². The highest BCUT2D eigenvalue weighted by Gasteiger charge is 2.24. The van der Waals surface area contributed by atoms with Crippen LogP contribution in [0.15, 0.2) is 0 Å². The second kappa shape index (κ2) is 4.62. The third-order valence-electron chi connectivity index (χ3n) is 2.33. The number of hydrogen-bond acceptors (Lipinski definition) is 3. The molecule has 1 rings (SSSR count). The Kier molecular flexibility index (Phi) is 3.90. The van der Waals surface area contributed by atoms with Gasteiger partial charge in [-0.15, -0.1) is 0 Å². The summed E-state index contributed by atoms with van der Waals surface area (Å²) in [7, 11) is -0.132. The van der Waals surface area contributed by atoms with Crippen molar-refractivity contribution in [3.05, 3.63) is 21.2 Å². The summed E-state index contributed by atoms with van der Waals surface area (Å²) in [5, 5.41) is 19.0. The molecule has 1 aromatic carbocycles. The van der Waals surface area contributed by atoms with Crippen LogP contribution in [-0.4, -0.2) is 24.3 Å². The van der Waals surface area contributed by atoms with E-state index in [-0.39, 0.29) is 0 Å². The van der Waals surface area contributed by atoms with Crippen molar-refractivity contribution in [2.24, 2.45) is 0 Å². The van der Waals surface area contributed by atoms with Crippen molar-refractivity contribution in [2.45, 2.75) is 13.8 Å². The van der Waals surface area contributed by atoms with Crippen LogP contribution >= 0.6 is 23.2 Å². The van der Waals surface area contributed by atoms with Crippen molar-refractivity contribution in [3.63, 3.8) is 0 Å². The van der Waals surface area contributed by atoms with Crippen LogP contribution in [0.25, 0.3) is 0 Å². The molecule has 0 aliphatic carbocycles. The zero-order chi connectivity index (χ0) is 11.7.